The number of halogens is 2. The number of hydrogen-bond donors (Lipinski definition) is 3. The van der Waals surface area contributed by atoms with E-state index in [0.717, 1.165) is 6.54 Å². The maximum Gasteiger partial charge on any atom is 0.147 e. The van der Waals surface area contributed by atoms with E-state index in [4.69, 9.17) is 28.3 Å². The lowest BCUT2D eigenvalue weighted by molar-refractivity contribution is 0.260. The largest absolute Gasteiger partial charge is 0.396 e. The molecule has 0 amide bonds. The minimum absolute atomic E-state index is 0.102. The molecule has 0 bridgehead atoms. The third-order valence-electron chi connectivity index (χ3n) is 2.47. The van der Waals surface area contributed by atoms with Gasteiger partial charge in [-0.25, -0.2) is 4.98 Å². The number of aliphatic hydroxyl groups is 1. The fourth-order valence-corrected chi connectivity index (χ4v) is 1.98. The van der Waals surface area contributed by atoms with Gasteiger partial charge in [0.1, 0.15) is 11.6 Å². The maximum absolute atomic E-state index is 9.01. The van der Waals surface area contributed by atoms with Gasteiger partial charge in [-0.05, 0) is 33.3 Å². The van der Waals surface area contributed by atoms with Crippen molar-refractivity contribution in [2.45, 2.75) is 32.7 Å². The Labute approximate surface area is 118 Å². The van der Waals surface area contributed by atoms with E-state index in [1.807, 2.05) is 20.8 Å². The van der Waals surface area contributed by atoms with Gasteiger partial charge in [-0.3, -0.25) is 0 Å². The molecule has 6 heteroatoms. The molecule has 0 aliphatic rings. The van der Waals surface area contributed by atoms with Gasteiger partial charge in [-0.2, -0.15) is 0 Å². The van der Waals surface area contributed by atoms with Crippen molar-refractivity contribution in [2.24, 2.45) is 0 Å². The minimum Gasteiger partial charge on any atom is -0.396 e. The SMILES string of the molecule is CCNc1nc(NC(C)(C)CCO)c(Cl)cc1Cl. The highest BCUT2D eigenvalue weighted by Gasteiger charge is 2.19. The van der Waals surface area contributed by atoms with E-state index in [9.17, 15) is 0 Å². The first-order valence-corrected chi connectivity index (χ1v) is 6.64. The van der Waals surface area contributed by atoms with Gasteiger partial charge in [-0.15, -0.1) is 0 Å². The molecule has 0 atom stereocenters. The number of rotatable bonds is 6. The van der Waals surface area contributed by atoms with E-state index >= 15 is 0 Å². The van der Waals surface area contributed by atoms with E-state index in [-0.39, 0.29) is 12.1 Å². The predicted octanol–water partition coefficient (Wildman–Crippen LogP) is 3.39. The Balaban J connectivity index is 2.98. The molecule has 1 aromatic rings. The quantitative estimate of drug-likeness (QED) is 0.752. The Kier molecular flexibility index (Phi) is 5.50. The Morgan fingerprint density at radius 3 is 2.44 bits per heavy atom. The highest BCUT2D eigenvalue weighted by atomic mass is 35.5. The molecular formula is C12H19Cl2N3O. The Morgan fingerprint density at radius 2 is 1.89 bits per heavy atom. The number of hydrogen-bond acceptors (Lipinski definition) is 4. The second kappa shape index (κ2) is 6.45. The van der Waals surface area contributed by atoms with Crippen molar-refractivity contribution in [3.63, 3.8) is 0 Å². The zero-order chi connectivity index (χ0) is 13.8. The molecule has 4 nitrogen and oxygen atoms in total. The van der Waals surface area contributed by atoms with Crippen molar-refractivity contribution in [2.75, 3.05) is 23.8 Å². The number of nitrogens with zero attached hydrogens (tertiary/aromatic N) is 1. The number of aliphatic hydroxyl groups excluding tert-OH is 1. The summed E-state index contributed by atoms with van der Waals surface area (Å²) in [4.78, 5) is 4.36. The average Bonchev–Trinajstić information content (AvgIpc) is 2.25. The van der Waals surface area contributed by atoms with Gasteiger partial charge in [0.2, 0.25) is 0 Å². The van der Waals surface area contributed by atoms with Crippen LogP contribution in [-0.2, 0) is 0 Å². The zero-order valence-corrected chi connectivity index (χ0v) is 12.4. The van der Waals surface area contributed by atoms with Gasteiger partial charge >= 0.3 is 0 Å². The van der Waals surface area contributed by atoms with Gasteiger partial charge in [0.05, 0.1) is 10.0 Å². The van der Waals surface area contributed by atoms with Crippen molar-refractivity contribution in [3.05, 3.63) is 16.1 Å². The van der Waals surface area contributed by atoms with Crippen LogP contribution in [0.5, 0.6) is 0 Å². The van der Waals surface area contributed by atoms with E-state index in [1.54, 1.807) is 6.07 Å². The number of aromatic nitrogens is 1. The highest BCUT2D eigenvalue weighted by Crippen LogP contribution is 2.31. The number of pyridine rings is 1. The average molecular weight is 292 g/mol. The third kappa shape index (κ3) is 4.19. The standard InChI is InChI=1S/C12H19Cl2N3O/c1-4-15-10-8(13)7-9(14)11(16-10)17-12(2,3)5-6-18/h7,18H,4-6H2,1-3H3,(H2,15,16,17). The molecule has 3 N–H and O–H groups in total. The molecular weight excluding hydrogens is 273 g/mol. The first kappa shape index (κ1) is 15.3. The minimum atomic E-state index is -0.289. The van der Waals surface area contributed by atoms with E-state index in [1.165, 1.54) is 0 Å². The summed E-state index contributed by atoms with van der Waals surface area (Å²) in [7, 11) is 0. The van der Waals surface area contributed by atoms with Crippen LogP contribution in [0.3, 0.4) is 0 Å². The molecule has 1 heterocycles. The van der Waals surface area contributed by atoms with Crippen LogP contribution < -0.4 is 10.6 Å². The lowest BCUT2D eigenvalue weighted by atomic mass is 10.0. The van der Waals surface area contributed by atoms with Gasteiger partial charge in [0, 0.05) is 18.7 Å². The van der Waals surface area contributed by atoms with Crippen LogP contribution in [0.1, 0.15) is 27.2 Å². The van der Waals surface area contributed by atoms with Gasteiger partial charge in [0.15, 0.2) is 0 Å². The monoisotopic (exact) mass is 291 g/mol. The molecule has 102 valence electrons. The predicted molar refractivity (Wildman–Crippen MR) is 77.8 cm³/mol. The lowest BCUT2D eigenvalue weighted by Gasteiger charge is -2.27. The van der Waals surface area contributed by atoms with Crippen molar-refractivity contribution < 1.29 is 5.11 Å². The second-order valence-electron chi connectivity index (χ2n) is 4.66. The Hall–Kier alpha value is -0.710. The van der Waals surface area contributed by atoms with Crippen LogP contribution in [0.2, 0.25) is 10.0 Å². The van der Waals surface area contributed by atoms with Crippen molar-refractivity contribution in [1.29, 1.82) is 0 Å². The Morgan fingerprint density at radius 1 is 1.28 bits per heavy atom. The molecule has 0 spiro atoms. The normalized spacial score (nSPS) is 11.4. The van der Waals surface area contributed by atoms with Crippen molar-refractivity contribution in [1.82, 2.24) is 4.98 Å². The van der Waals surface area contributed by atoms with Gasteiger partial charge < -0.3 is 15.7 Å². The summed E-state index contributed by atoms with van der Waals surface area (Å²) in [5.74, 6) is 1.17. The molecule has 18 heavy (non-hydrogen) atoms. The molecule has 0 aliphatic carbocycles. The second-order valence-corrected chi connectivity index (χ2v) is 5.48. The summed E-state index contributed by atoms with van der Waals surface area (Å²) in [6, 6.07) is 1.66. The van der Waals surface area contributed by atoms with E-state index < -0.39 is 0 Å². The van der Waals surface area contributed by atoms with Crippen molar-refractivity contribution >= 4 is 34.8 Å². The molecule has 0 radical (unpaired) electrons. The summed E-state index contributed by atoms with van der Waals surface area (Å²) < 4.78 is 0. The molecule has 0 aromatic carbocycles. The van der Waals surface area contributed by atoms with Gasteiger partial charge in [-0.1, -0.05) is 23.2 Å². The summed E-state index contributed by atoms with van der Waals surface area (Å²) in [5, 5.41) is 16.2. The smallest absolute Gasteiger partial charge is 0.147 e. The van der Waals surface area contributed by atoms with Crippen LogP contribution in [0, 0.1) is 0 Å². The van der Waals surface area contributed by atoms with Crippen LogP contribution >= 0.6 is 23.2 Å². The highest BCUT2D eigenvalue weighted by molar-refractivity contribution is 6.37. The molecule has 0 aliphatic heterocycles. The number of anilines is 2. The zero-order valence-electron chi connectivity index (χ0n) is 10.8. The summed E-state index contributed by atoms with van der Waals surface area (Å²) in [6.07, 6.45) is 0.601. The number of nitrogens with one attached hydrogen (secondary N) is 2. The van der Waals surface area contributed by atoms with Crippen LogP contribution in [-0.4, -0.2) is 28.8 Å². The fourth-order valence-electron chi connectivity index (χ4n) is 1.51. The summed E-state index contributed by atoms with van der Waals surface area (Å²) >= 11 is 12.1. The lowest BCUT2D eigenvalue weighted by Crippen LogP contribution is -2.32. The van der Waals surface area contributed by atoms with Crippen LogP contribution in [0.15, 0.2) is 6.07 Å². The van der Waals surface area contributed by atoms with Crippen LogP contribution in [0.25, 0.3) is 0 Å². The molecule has 0 saturated carbocycles. The molecule has 1 rings (SSSR count). The van der Waals surface area contributed by atoms with E-state index in [2.05, 4.69) is 15.6 Å². The molecule has 0 fully saturated rings. The molecule has 0 unspecified atom stereocenters. The summed E-state index contributed by atoms with van der Waals surface area (Å²) in [6.45, 7) is 6.75. The van der Waals surface area contributed by atoms with Crippen molar-refractivity contribution in [3.8, 4) is 0 Å². The van der Waals surface area contributed by atoms with Gasteiger partial charge in [0.25, 0.3) is 0 Å². The van der Waals surface area contributed by atoms with Crippen LogP contribution in [0.4, 0.5) is 11.6 Å². The van der Waals surface area contributed by atoms with E-state index in [0.29, 0.717) is 28.1 Å². The third-order valence-corrected chi connectivity index (χ3v) is 3.04. The maximum atomic E-state index is 9.01. The summed E-state index contributed by atoms with van der Waals surface area (Å²) in [5.41, 5.74) is -0.289. The fraction of sp³-hybridized carbons (Fsp3) is 0.583. The Bertz CT molecular complexity index is 411. The molecule has 0 saturated heterocycles. The first-order chi connectivity index (χ1) is 8.39. The topological polar surface area (TPSA) is 57.2 Å². The first-order valence-electron chi connectivity index (χ1n) is 5.88. The molecule has 1 aromatic heterocycles.